The Bertz CT molecular complexity index is 280. The molecule has 4 heteroatoms. The first-order chi connectivity index (χ1) is 6.24. The minimum Gasteiger partial charge on any atom is -0.350 e. The molecule has 0 aliphatic carbocycles. The average Bonchev–Trinajstić information content (AvgIpc) is 2.48. The van der Waals surface area contributed by atoms with E-state index in [1.165, 1.54) is 0 Å². The minimum atomic E-state index is 0.101. The first-order valence-electron chi connectivity index (χ1n) is 4.47. The molecule has 72 valence electrons. The maximum Gasteiger partial charge on any atom is 0.220 e. The van der Waals surface area contributed by atoms with Crippen molar-refractivity contribution in [3.63, 3.8) is 0 Å². The summed E-state index contributed by atoms with van der Waals surface area (Å²) >= 11 is 0. The molecule has 0 fully saturated rings. The molecule has 0 saturated carbocycles. The van der Waals surface area contributed by atoms with Crippen LogP contribution in [-0.2, 0) is 18.4 Å². The molecule has 0 aliphatic heterocycles. The SMILES string of the molecule is CCCC(=O)NCc1ccnn1C. The second-order valence-corrected chi connectivity index (χ2v) is 2.97. The van der Waals surface area contributed by atoms with Crippen LogP contribution < -0.4 is 5.32 Å². The number of carbonyl (C=O) groups is 1. The third kappa shape index (κ3) is 2.89. The average molecular weight is 181 g/mol. The van der Waals surface area contributed by atoms with Gasteiger partial charge in [0.05, 0.1) is 12.2 Å². The molecule has 1 aromatic rings. The molecular formula is C9H15N3O. The van der Waals surface area contributed by atoms with E-state index in [9.17, 15) is 4.79 Å². The number of amides is 1. The molecule has 0 aromatic carbocycles. The number of hydrogen-bond acceptors (Lipinski definition) is 2. The second kappa shape index (κ2) is 4.64. The Balaban J connectivity index is 2.35. The number of aryl methyl sites for hydroxylation is 1. The van der Waals surface area contributed by atoms with Gasteiger partial charge in [0.1, 0.15) is 0 Å². The summed E-state index contributed by atoms with van der Waals surface area (Å²) in [5, 5.41) is 6.83. The van der Waals surface area contributed by atoms with Gasteiger partial charge in [-0.15, -0.1) is 0 Å². The highest BCUT2D eigenvalue weighted by atomic mass is 16.1. The summed E-state index contributed by atoms with van der Waals surface area (Å²) in [5.41, 5.74) is 1.02. The zero-order valence-corrected chi connectivity index (χ0v) is 8.08. The summed E-state index contributed by atoms with van der Waals surface area (Å²) in [6.45, 7) is 2.55. The van der Waals surface area contributed by atoms with Crippen molar-refractivity contribution in [2.75, 3.05) is 0 Å². The third-order valence-electron chi connectivity index (χ3n) is 1.87. The molecule has 0 saturated heterocycles. The van der Waals surface area contributed by atoms with Crippen LogP contribution in [0.15, 0.2) is 12.3 Å². The van der Waals surface area contributed by atoms with E-state index in [0.29, 0.717) is 13.0 Å². The first-order valence-corrected chi connectivity index (χ1v) is 4.47. The Morgan fingerprint density at radius 2 is 2.46 bits per heavy atom. The number of nitrogens with one attached hydrogen (secondary N) is 1. The molecule has 0 atom stereocenters. The number of rotatable bonds is 4. The fraction of sp³-hybridized carbons (Fsp3) is 0.556. The van der Waals surface area contributed by atoms with Crippen LogP contribution in [0.2, 0.25) is 0 Å². The van der Waals surface area contributed by atoms with Gasteiger partial charge >= 0.3 is 0 Å². The Hall–Kier alpha value is -1.32. The van der Waals surface area contributed by atoms with Gasteiger partial charge in [-0.05, 0) is 12.5 Å². The van der Waals surface area contributed by atoms with Crippen LogP contribution in [0.4, 0.5) is 0 Å². The summed E-state index contributed by atoms with van der Waals surface area (Å²) < 4.78 is 1.76. The van der Waals surface area contributed by atoms with E-state index in [-0.39, 0.29) is 5.91 Å². The molecule has 0 unspecified atom stereocenters. The fourth-order valence-electron chi connectivity index (χ4n) is 1.08. The Morgan fingerprint density at radius 3 is 3.00 bits per heavy atom. The molecule has 0 spiro atoms. The quantitative estimate of drug-likeness (QED) is 0.748. The van der Waals surface area contributed by atoms with Crippen molar-refractivity contribution in [2.45, 2.75) is 26.3 Å². The number of aromatic nitrogens is 2. The molecule has 0 aliphatic rings. The predicted octanol–water partition coefficient (Wildman–Crippen LogP) is 0.836. The molecular weight excluding hydrogens is 166 g/mol. The smallest absolute Gasteiger partial charge is 0.220 e. The zero-order valence-electron chi connectivity index (χ0n) is 8.08. The van der Waals surface area contributed by atoms with Crippen molar-refractivity contribution in [2.24, 2.45) is 7.05 Å². The lowest BCUT2D eigenvalue weighted by Crippen LogP contribution is -2.23. The van der Waals surface area contributed by atoms with E-state index in [2.05, 4.69) is 10.4 Å². The number of carbonyl (C=O) groups excluding carboxylic acids is 1. The lowest BCUT2D eigenvalue weighted by molar-refractivity contribution is -0.121. The highest BCUT2D eigenvalue weighted by Gasteiger charge is 2.01. The van der Waals surface area contributed by atoms with Crippen LogP contribution in [0.3, 0.4) is 0 Å². The zero-order chi connectivity index (χ0) is 9.68. The van der Waals surface area contributed by atoms with Crippen molar-refractivity contribution in [3.05, 3.63) is 18.0 Å². The topological polar surface area (TPSA) is 46.9 Å². The maximum atomic E-state index is 11.1. The Kier molecular flexibility index (Phi) is 3.49. The van der Waals surface area contributed by atoms with Gasteiger partial charge in [-0.3, -0.25) is 9.48 Å². The number of hydrogen-bond donors (Lipinski definition) is 1. The van der Waals surface area contributed by atoms with Gasteiger partial charge in [0.15, 0.2) is 0 Å². The van der Waals surface area contributed by atoms with E-state index in [1.807, 2.05) is 20.0 Å². The van der Waals surface area contributed by atoms with Crippen molar-refractivity contribution in [1.82, 2.24) is 15.1 Å². The fourth-order valence-corrected chi connectivity index (χ4v) is 1.08. The van der Waals surface area contributed by atoms with Crippen LogP contribution in [0, 0.1) is 0 Å². The van der Waals surface area contributed by atoms with E-state index in [1.54, 1.807) is 10.9 Å². The maximum absolute atomic E-state index is 11.1. The van der Waals surface area contributed by atoms with Gasteiger partial charge in [0.25, 0.3) is 0 Å². The lowest BCUT2D eigenvalue weighted by atomic mass is 10.3. The highest BCUT2D eigenvalue weighted by Crippen LogP contribution is 1.95. The molecule has 1 N–H and O–H groups in total. The number of nitrogens with zero attached hydrogens (tertiary/aromatic N) is 2. The van der Waals surface area contributed by atoms with Gasteiger partial charge < -0.3 is 5.32 Å². The molecule has 13 heavy (non-hydrogen) atoms. The summed E-state index contributed by atoms with van der Waals surface area (Å²) in [7, 11) is 1.86. The highest BCUT2D eigenvalue weighted by molar-refractivity contribution is 5.75. The summed E-state index contributed by atoms with van der Waals surface area (Å²) in [4.78, 5) is 11.1. The van der Waals surface area contributed by atoms with Gasteiger partial charge in [-0.1, -0.05) is 6.92 Å². The summed E-state index contributed by atoms with van der Waals surface area (Å²) in [5.74, 6) is 0.101. The first kappa shape index (κ1) is 9.77. The summed E-state index contributed by atoms with van der Waals surface area (Å²) in [6, 6.07) is 1.90. The van der Waals surface area contributed by atoms with Crippen LogP contribution in [0.25, 0.3) is 0 Å². The van der Waals surface area contributed by atoms with Gasteiger partial charge in [0, 0.05) is 19.7 Å². The third-order valence-corrected chi connectivity index (χ3v) is 1.87. The molecule has 1 aromatic heterocycles. The molecule has 4 nitrogen and oxygen atoms in total. The second-order valence-electron chi connectivity index (χ2n) is 2.97. The summed E-state index contributed by atoms with van der Waals surface area (Å²) in [6.07, 6.45) is 3.20. The van der Waals surface area contributed by atoms with Crippen LogP contribution in [-0.4, -0.2) is 15.7 Å². The van der Waals surface area contributed by atoms with E-state index in [4.69, 9.17) is 0 Å². The van der Waals surface area contributed by atoms with Crippen molar-refractivity contribution in [3.8, 4) is 0 Å². The van der Waals surface area contributed by atoms with Crippen molar-refractivity contribution in [1.29, 1.82) is 0 Å². The van der Waals surface area contributed by atoms with Crippen LogP contribution >= 0.6 is 0 Å². The molecule has 1 amide bonds. The van der Waals surface area contributed by atoms with Gasteiger partial charge in [-0.2, -0.15) is 5.10 Å². The van der Waals surface area contributed by atoms with Gasteiger partial charge in [0.2, 0.25) is 5.91 Å². The van der Waals surface area contributed by atoms with E-state index >= 15 is 0 Å². The Labute approximate surface area is 77.9 Å². The van der Waals surface area contributed by atoms with Crippen molar-refractivity contribution < 1.29 is 4.79 Å². The van der Waals surface area contributed by atoms with Gasteiger partial charge in [-0.25, -0.2) is 0 Å². The largest absolute Gasteiger partial charge is 0.350 e. The lowest BCUT2D eigenvalue weighted by Gasteiger charge is -2.03. The van der Waals surface area contributed by atoms with E-state index in [0.717, 1.165) is 12.1 Å². The molecule has 0 bridgehead atoms. The van der Waals surface area contributed by atoms with E-state index < -0.39 is 0 Å². The Morgan fingerprint density at radius 1 is 1.69 bits per heavy atom. The standard InChI is InChI=1S/C9H15N3O/c1-3-4-9(13)10-7-8-5-6-11-12(8)2/h5-6H,3-4,7H2,1-2H3,(H,10,13). The molecule has 1 rings (SSSR count). The predicted molar refractivity (Wildman–Crippen MR) is 50.0 cm³/mol. The monoisotopic (exact) mass is 181 g/mol. The normalized spacial score (nSPS) is 10.0. The van der Waals surface area contributed by atoms with Crippen LogP contribution in [0.1, 0.15) is 25.5 Å². The minimum absolute atomic E-state index is 0.101. The molecule has 1 heterocycles. The van der Waals surface area contributed by atoms with Crippen LogP contribution in [0.5, 0.6) is 0 Å². The molecule has 0 radical (unpaired) electrons. The van der Waals surface area contributed by atoms with Crippen molar-refractivity contribution >= 4 is 5.91 Å².